The van der Waals surface area contributed by atoms with Crippen molar-refractivity contribution in [3.63, 3.8) is 0 Å². The monoisotopic (exact) mass is 326 g/mol. The average Bonchev–Trinajstić information content (AvgIpc) is 3.04. The van der Waals surface area contributed by atoms with Crippen LogP contribution < -0.4 is 5.32 Å². The van der Waals surface area contributed by atoms with Crippen LogP contribution in [0.25, 0.3) is 10.9 Å². The van der Waals surface area contributed by atoms with Crippen LogP contribution in [0.3, 0.4) is 0 Å². The molecule has 0 radical (unpaired) electrons. The topological polar surface area (TPSA) is 48.5 Å². The Morgan fingerprint density at radius 1 is 1.38 bits per heavy atom. The highest BCUT2D eigenvalue weighted by atomic mass is 16.2. The molecule has 1 saturated heterocycles. The minimum atomic E-state index is -0.0196. The van der Waals surface area contributed by atoms with Crippen molar-refractivity contribution < 1.29 is 4.79 Å². The van der Waals surface area contributed by atoms with Gasteiger partial charge in [-0.25, -0.2) is 4.79 Å². The largest absolute Gasteiger partial charge is 0.324 e. The van der Waals surface area contributed by atoms with E-state index in [1.165, 1.54) is 6.42 Å². The number of fused-ring (bicyclic) bond motifs is 1. The number of urea groups is 1. The first-order chi connectivity index (χ1) is 11.7. The van der Waals surface area contributed by atoms with Crippen LogP contribution in [-0.2, 0) is 0 Å². The van der Waals surface area contributed by atoms with Gasteiger partial charge in [-0.1, -0.05) is 25.1 Å². The second kappa shape index (κ2) is 7.62. The van der Waals surface area contributed by atoms with Crippen LogP contribution >= 0.6 is 0 Å². The summed E-state index contributed by atoms with van der Waals surface area (Å²) in [5, 5.41) is 4.07. The number of pyridine rings is 1. The van der Waals surface area contributed by atoms with E-state index in [-0.39, 0.29) is 6.03 Å². The van der Waals surface area contributed by atoms with Crippen LogP contribution in [0.4, 0.5) is 10.5 Å². The number of anilines is 1. The lowest BCUT2D eigenvalue weighted by molar-refractivity contribution is 0.217. The maximum Gasteiger partial charge on any atom is 0.321 e. The molecular weight excluding hydrogens is 300 g/mol. The van der Waals surface area contributed by atoms with E-state index in [0.29, 0.717) is 5.92 Å². The fourth-order valence-electron chi connectivity index (χ4n) is 3.48. The third-order valence-electron chi connectivity index (χ3n) is 4.62. The first-order valence-electron chi connectivity index (χ1n) is 8.75. The lowest BCUT2D eigenvalue weighted by Crippen LogP contribution is -2.34. The van der Waals surface area contributed by atoms with Crippen molar-refractivity contribution in [2.75, 3.05) is 38.5 Å². The zero-order valence-electron chi connectivity index (χ0n) is 14.5. The van der Waals surface area contributed by atoms with Gasteiger partial charge in [0.25, 0.3) is 0 Å². The molecule has 2 aromatic rings. The third-order valence-corrected chi connectivity index (χ3v) is 4.62. The smallest absolute Gasteiger partial charge is 0.321 e. The van der Waals surface area contributed by atoms with Gasteiger partial charge in [-0.3, -0.25) is 4.98 Å². The van der Waals surface area contributed by atoms with Crippen molar-refractivity contribution in [3.05, 3.63) is 36.5 Å². The van der Waals surface area contributed by atoms with Gasteiger partial charge < -0.3 is 15.1 Å². The third kappa shape index (κ3) is 3.85. The predicted molar refractivity (Wildman–Crippen MR) is 98.2 cm³/mol. The van der Waals surface area contributed by atoms with Gasteiger partial charge in [0.15, 0.2) is 0 Å². The zero-order chi connectivity index (χ0) is 16.9. The summed E-state index contributed by atoms with van der Waals surface area (Å²) < 4.78 is 0. The molecule has 3 rings (SSSR count). The molecular formula is C19H26N4O. The number of nitrogens with one attached hydrogen (secondary N) is 1. The molecule has 2 amide bonds. The minimum absolute atomic E-state index is 0.0196. The normalized spacial score (nSPS) is 17.6. The highest BCUT2D eigenvalue weighted by Crippen LogP contribution is 2.23. The standard InChI is InChI=1S/C19H26N4O/c1-3-11-22(2)13-15-9-12-23(14-15)19(24)21-17-8-4-6-16-7-5-10-20-18(16)17/h4-8,10,15H,3,9,11-14H2,1-2H3,(H,21,24)/t15-/m0/s1. The molecule has 24 heavy (non-hydrogen) atoms. The number of carbonyl (C=O) groups excluding carboxylic acids is 1. The number of rotatable bonds is 5. The van der Waals surface area contributed by atoms with E-state index in [9.17, 15) is 4.79 Å². The van der Waals surface area contributed by atoms with E-state index in [0.717, 1.165) is 49.2 Å². The lowest BCUT2D eigenvalue weighted by atomic mass is 10.1. The number of aromatic nitrogens is 1. The van der Waals surface area contributed by atoms with E-state index in [1.54, 1.807) is 6.20 Å². The maximum atomic E-state index is 12.6. The van der Waals surface area contributed by atoms with E-state index in [2.05, 4.69) is 29.2 Å². The highest BCUT2D eigenvalue weighted by molar-refractivity contribution is 5.99. The Labute approximate surface area is 143 Å². The first-order valence-corrected chi connectivity index (χ1v) is 8.75. The molecule has 1 aliphatic rings. The first kappa shape index (κ1) is 16.7. The second-order valence-corrected chi connectivity index (χ2v) is 6.67. The highest BCUT2D eigenvalue weighted by Gasteiger charge is 2.27. The molecule has 0 spiro atoms. The number of para-hydroxylation sites is 1. The Hall–Kier alpha value is -2.14. The van der Waals surface area contributed by atoms with Crippen LogP contribution in [-0.4, -0.2) is 54.0 Å². The zero-order valence-corrected chi connectivity index (χ0v) is 14.5. The lowest BCUT2D eigenvalue weighted by Gasteiger charge is -2.21. The molecule has 0 unspecified atom stereocenters. The number of nitrogens with zero attached hydrogens (tertiary/aromatic N) is 3. The molecule has 5 heteroatoms. The van der Waals surface area contributed by atoms with Crippen molar-refractivity contribution in [1.29, 1.82) is 0 Å². The van der Waals surface area contributed by atoms with Crippen molar-refractivity contribution in [2.45, 2.75) is 19.8 Å². The molecule has 128 valence electrons. The summed E-state index contributed by atoms with van der Waals surface area (Å²) >= 11 is 0. The van der Waals surface area contributed by atoms with Gasteiger partial charge in [-0.05, 0) is 44.5 Å². The second-order valence-electron chi connectivity index (χ2n) is 6.67. The summed E-state index contributed by atoms with van der Waals surface area (Å²) in [6, 6.07) is 9.77. The van der Waals surface area contributed by atoms with Crippen molar-refractivity contribution >= 4 is 22.6 Å². The molecule has 1 aliphatic heterocycles. The minimum Gasteiger partial charge on any atom is -0.324 e. The van der Waals surface area contributed by atoms with Crippen molar-refractivity contribution in [3.8, 4) is 0 Å². The van der Waals surface area contributed by atoms with Crippen LogP contribution in [0.2, 0.25) is 0 Å². The van der Waals surface area contributed by atoms with E-state index < -0.39 is 0 Å². The molecule has 1 aromatic heterocycles. The predicted octanol–water partition coefficient (Wildman–Crippen LogP) is 3.43. The van der Waals surface area contributed by atoms with Gasteiger partial charge in [-0.2, -0.15) is 0 Å². The van der Waals surface area contributed by atoms with Gasteiger partial charge >= 0.3 is 6.03 Å². The van der Waals surface area contributed by atoms with Gasteiger partial charge in [0.05, 0.1) is 11.2 Å². The molecule has 1 aromatic carbocycles. The quantitative estimate of drug-likeness (QED) is 0.916. The molecule has 1 N–H and O–H groups in total. The fourth-order valence-corrected chi connectivity index (χ4v) is 3.48. The maximum absolute atomic E-state index is 12.6. The van der Waals surface area contributed by atoms with Crippen LogP contribution in [0.15, 0.2) is 36.5 Å². The Morgan fingerprint density at radius 3 is 3.04 bits per heavy atom. The molecule has 0 saturated carbocycles. The molecule has 0 aliphatic carbocycles. The average molecular weight is 326 g/mol. The van der Waals surface area contributed by atoms with E-state index in [4.69, 9.17) is 0 Å². The number of hydrogen-bond donors (Lipinski definition) is 1. The van der Waals surface area contributed by atoms with Gasteiger partial charge in [-0.15, -0.1) is 0 Å². The van der Waals surface area contributed by atoms with Gasteiger partial charge in [0, 0.05) is 31.2 Å². The number of carbonyl (C=O) groups is 1. The van der Waals surface area contributed by atoms with Crippen LogP contribution in [0.5, 0.6) is 0 Å². The fraction of sp³-hybridized carbons (Fsp3) is 0.474. The summed E-state index contributed by atoms with van der Waals surface area (Å²) in [6.07, 6.45) is 4.00. The molecule has 5 nitrogen and oxygen atoms in total. The summed E-state index contributed by atoms with van der Waals surface area (Å²) in [5.74, 6) is 0.568. The van der Waals surface area contributed by atoms with Crippen molar-refractivity contribution in [1.82, 2.24) is 14.8 Å². The number of benzene rings is 1. The summed E-state index contributed by atoms with van der Waals surface area (Å²) in [4.78, 5) is 21.3. The molecule has 1 fully saturated rings. The molecule has 1 atom stereocenters. The SMILES string of the molecule is CCCN(C)C[C@@H]1CCN(C(=O)Nc2cccc3cccnc23)C1. The van der Waals surface area contributed by atoms with Crippen molar-refractivity contribution in [2.24, 2.45) is 5.92 Å². The van der Waals surface area contributed by atoms with Crippen LogP contribution in [0.1, 0.15) is 19.8 Å². The van der Waals surface area contributed by atoms with Crippen LogP contribution in [0, 0.1) is 5.92 Å². The molecule has 0 bridgehead atoms. The van der Waals surface area contributed by atoms with Gasteiger partial charge in [0.2, 0.25) is 0 Å². The number of amides is 2. The number of hydrogen-bond acceptors (Lipinski definition) is 3. The van der Waals surface area contributed by atoms with E-state index in [1.807, 2.05) is 35.2 Å². The van der Waals surface area contributed by atoms with Gasteiger partial charge in [0.1, 0.15) is 0 Å². The summed E-state index contributed by atoms with van der Waals surface area (Å²) in [7, 11) is 2.16. The summed E-state index contributed by atoms with van der Waals surface area (Å²) in [5.41, 5.74) is 1.62. The Balaban J connectivity index is 1.61. The Bertz CT molecular complexity index is 697. The molecule has 2 heterocycles. The number of likely N-dealkylation sites (tertiary alicyclic amines) is 1. The van der Waals surface area contributed by atoms with E-state index >= 15 is 0 Å². The summed E-state index contributed by atoms with van der Waals surface area (Å²) in [6.45, 7) is 6.04. The Morgan fingerprint density at radius 2 is 2.21 bits per heavy atom. The Kier molecular flexibility index (Phi) is 5.30.